The van der Waals surface area contributed by atoms with E-state index < -0.39 is 21.8 Å². The molecule has 1 heterocycles. The molecule has 0 atom stereocenters. The van der Waals surface area contributed by atoms with Gasteiger partial charge in [0, 0.05) is 11.1 Å². The Bertz CT molecular complexity index is 947. The highest BCUT2D eigenvalue weighted by Gasteiger charge is 2.30. The number of hydrogen-bond acceptors (Lipinski definition) is 3. The van der Waals surface area contributed by atoms with Crippen LogP contribution in [0.4, 0.5) is 18.9 Å². The second-order valence-corrected chi connectivity index (χ2v) is 6.48. The highest BCUT2D eigenvalue weighted by Crippen LogP contribution is 2.30. The first-order valence-electron chi connectivity index (χ1n) is 6.39. The minimum absolute atomic E-state index is 0.00806. The summed E-state index contributed by atoms with van der Waals surface area (Å²) in [5.41, 5.74) is -0.121. The lowest BCUT2D eigenvalue weighted by atomic mass is 10.2. The minimum Gasteiger partial charge on any atom is -0.280 e. The average molecular weight is 341 g/mol. The average Bonchev–Trinajstić information content (AvgIpc) is 2.93. The van der Waals surface area contributed by atoms with Crippen LogP contribution < -0.4 is 4.72 Å². The lowest BCUT2D eigenvalue weighted by molar-refractivity contribution is -0.137. The molecular weight excluding hydrogens is 331 g/mol. The third-order valence-electron chi connectivity index (χ3n) is 3.19. The number of aromatic nitrogens is 2. The largest absolute Gasteiger partial charge is 0.416 e. The Hall–Kier alpha value is -2.55. The van der Waals surface area contributed by atoms with E-state index in [1.807, 2.05) is 0 Å². The maximum atomic E-state index is 12.5. The number of aromatic amines is 1. The predicted molar refractivity (Wildman–Crippen MR) is 78.3 cm³/mol. The molecule has 0 radical (unpaired) electrons. The van der Waals surface area contributed by atoms with Crippen molar-refractivity contribution in [1.82, 2.24) is 10.2 Å². The Morgan fingerprint density at radius 1 is 1.04 bits per heavy atom. The Kier molecular flexibility index (Phi) is 3.52. The second kappa shape index (κ2) is 5.27. The molecule has 2 N–H and O–H groups in total. The third-order valence-corrected chi connectivity index (χ3v) is 4.57. The molecule has 0 fully saturated rings. The molecule has 9 heteroatoms. The number of nitrogens with zero attached hydrogens (tertiary/aromatic N) is 1. The van der Waals surface area contributed by atoms with E-state index in [1.54, 1.807) is 6.07 Å². The molecule has 0 saturated heterocycles. The quantitative estimate of drug-likeness (QED) is 0.767. The van der Waals surface area contributed by atoms with E-state index in [0.29, 0.717) is 10.9 Å². The van der Waals surface area contributed by atoms with Crippen molar-refractivity contribution in [3.8, 4) is 0 Å². The van der Waals surface area contributed by atoms with Gasteiger partial charge in [-0.05, 0) is 42.5 Å². The number of rotatable bonds is 3. The van der Waals surface area contributed by atoms with Crippen LogP contribution in [-0.4, -0.2) is 18.6 Å². The molecule has 0 aliphatic carbocycles. The number of fused-ring (bicyclic) bond motifs is 1. The van der Waals surface area contributed by atoms with E-state index in [4.69, 9.17) is 0 Å². The van der Waals surface area contributed by atoms with E-state index in [-0.39, 0.29) is 10.6 Å². The Balaban J connectivity index is 1.88. The van der Waals surface area contributed by atoms with Gasteiger partial charge in [-0.1, -0.05) is 0 Å². The van der Waals surface area contributed by atoms with Gasteiger partial charge in [-0.2, -0.15) is 18.3 Å². The van der Waals surface area contributed by atoms with E-state index in [9.17, 15) is 21.6 Å². The fraction of sp³-hybridized carbons (Fsp3) is 0.0714. The van der Waals surface area contributed by atoms with Crippen molar-refractivity contribution in [2.75, 3.05) is 4.72 Å². The summed E-state index contributed by atoms with van der Waals surface area (Å²) in [5.74, 6) is 0. The summed E-state index contributed by atoms with van der Waals surface area (Å²) in [4.78, 5) is -0.00806. The number of alkyl halides is 3. The molecule has 0 spiro atoms. The van der Waals surface area contributed by atoms with E-state index >= 15 is 0 Å². The zero-order valence-electron chi connectivity index (χ0n) is 11.4. The Labute approximate surface area is 129 Å². The van der Waals surface area contributed by atoms with Crippen molar-refractivity contribution in [2.45, 2.75) is 11.1 Å². The van der Waals surface area contributed by atoms with Crippen molar-refractivity contribution >= 4 is 26.6 Å². The van der Waals surface area contributed by atoms with Crippen LogP contribution in [0.1, 0.15) is 5.56 Å². The van der Waals surface area contributed by atoms with Gasteiger partial charge in [-0.25, -0.2) is 8.42 Å². The van der Waals surface area contributed by atoms with Crippen LogP contribution in [0.15, 0.2) is 53.6 Å². The molecule has 1 aromatic heterocycles. The molecule has 0 saturated carbocycles. The maximum absolute atomic E-state index is 12.5. The fourth-order valence-corrected chi connectivity index (χ4v) is 3.12. The number of nitrogens with one attached hydrogen (secondary N) is 2. The molecular formula is C14H10F3N3O2S. The SMILES string of the molecule is O=S(=O)(Nc1ccc(C(F)(F)F)cc1)c1ccc2[nH]ncc2c1. The van der Waals surface area contributed by atoms with Crippen molar-refractivity contribution in [2.24, 2.45) is 0 Å². The maximum Gasteiger partial charge on any atom is 0.416 e. The first-order chi connectivity index (χ1) is 10.8. The molecule has 0 unspecified atom stereocenters. The molecule has 2 aromatic carbocycles. The summed E-state index contributed by atoms with van der Waals surface area (Å²) in [6.45, 7) is 0. The second-order valence-electron chi connectivity index (χ2n) is 4.80. The smallest absolute Gasteiger partial charge is 0.280 e. The zero-order chi connectivity index (χ0) is 16.7. The predicted octanol–water partition coefficient (Wildman–Crippen LogP) is 3.38. The van der Waals surface area contributed by atoms with Crippen molar-refractivity contribution in [1.29, 1.82) is 0 Å². The number of hydrogen-bond donors (Lipinski definition) is 2. The summed E-state index contributed by atoms with van der Waals surface area (Å²) in [7, 11) is -3.90. The normalized spacial score (nSPS) is 12.5. The standard InChI is InChI=1S/C14H10F3N3O2S/c15-14(16,17)10-1-3-11(4-2-10)20-23(21,22)12-5-6-13-9(7-12)8-18-19-13/h1-8,20H,(H,18,19). The number of H-pyrrole nitrogens is 1. The number of sulfonamides is 1. The fourth-order valence-electron chi connectivity index (χ4n) is 2.03. The Morgan fingerprint density at radius 2 is 1.74 bits per heavy atom. The van der Waals surface area contributed by atoms with Gasteiger partial charge < -0.3 is 0 Å². The topological polar surface area (TPSA) is 74.8 Å². The monoisotopic (exact) mass is 341 g/mol. The first kappa shape index (κ1) is 15.3. The molecule has 3 rings (SSSR count). The molecule has 0 aliphatic heterocycles. The minimum atomic E-state index is -4.47. The van der Waals surface area contributed by atoms with Gasteiger partial charge in [0.2, 0.25) is 0 Å². The van der Waals surface area contributed by atoms with Gasteiger partial charge >= 0.3 is 6.18 Å². The zero-order valence-corrected chi connectivity index (χ0v) is 12.2. The van der Waals surface area contributed by atoms with Gasteiger partial charge in [0.25, 0.3) is 10.0 Å². The lowest BCUT2D eigenvalue weighted by Gasteiger charge is -2.10. The van der Waals surface area contributed by atoms with Gasteiger partial charge in [-0.15, -0.1) is 0 Å². The molecule has 3 aromatic rings. The highest BCUT2D eigenvalue weighted by atomic mass is 32.2. The summed E-state index contributed by atoms with van der Waals surface area (Å²) < 4.78 is 64.3. The molecule has 0 amide bonds. The van der Waals surface area contributed by atoms with Crippen LogP contribution >= 0.6 is 0 Å². The summed E-state index contributed by atoms with van der Waals surface area (Å²) in [5, 5.41) is 7.10. The van der Waals surface area contributed by atoms with Crippen molar-refractivity contribution in [3.63, 3.8) is 0 Å². The lowest BCUT2D eigenvalue weighted by Crippen LogP contribution is -2.13. The van der Waals surface area contributed by atoms with Crippen LogP contribution in [0.25, 0.3) is 10.9 Å². The van der Waals surface area contributed by atoms with Crippen molar-refractivity contribution in [3.05, 3.63) is 54.2 Å². The van der Waals surface area contributed by atoms with E-state index in [1.165, 1.54) is 18.3 Å². The molecule has 0 aliphatic rings. The summed E-state index contributed by atoms with van der Waals surface area (Å²) in [6, 6.07) is 8.13. The van der Waals surface area contributed by atoms with Gasteiger partial charge in [0.15, 0.2) is 0 Å². The van der Waals surface area contributed by atoms with Crippen molar-refractivity contribution < 1.29 is 21.6 Å². The molecule has 120 valence electrons. The summed E-state index contributed by atoms with van der Waals surface area (Å²) in [6.07, 6.45) is -2.99. The molecule has 0 bridgehead atoms. The van der Waals surface area contributed by atoms with Gasteiger partial charge in [0.1, 0.15) is 0 Å². The van der Waals surface area contributed by atoms with Crippen LogP contribution in [-0.2, 0) is 16.2 Å². The highest BCUT2D eigenvalue weighted by molar-refractivity contribution is 7.92. The Morgan fingerprint density at radius 3 is 2.39 bits per heavy atom. The van der Waals surface area contributed by atoms with Crippen LogP contribution in [0.5, 0.6) is 0 Å². The van der Waals surface area contributed by atoms with Crippen LogP contribution in [0.3, 0.4) is 0 Å². The number of benzene rings is 2. The first-order valence-corrected chi connectivity index (χ1v) is 7.87. The third kappa shape index (κ3) is 3.14. The number of anilines is 1. The van der Waals surface area contributed by atoms with E-state index in [0.717, 1.165) is 24.3 Å². The summed E-state index contributed by atoms with van der Waals surface area (Å²) >= 11 is 0. The van der Waals surface area contributed by atoms with Gasteiger partial charge in [-0.3, -0.25) is 9.82 Å². The molecule has 23 heavy (non-hydrogen) atoms. The van der Waals surface area contributed by atoms with Crippen LogP contribution in [0, 0.1) is 0 Å². The number of halogens is 3. The molecule has 5 nitrogen and oxygen atoms in total. The van der Waals surface area contributed by atoms with Crippen LogP contribution in [0.2, 0.25) is 0 Å². The van der Waals surface area contributed by atoms with E-state index in [2.05, 4.69) is 14.9 Å². The van der Waals surface area contributed by atoms with Gasteiger partial charge in [0.05, 0.1) is 22.2 Å².